The van der Waals surface area contributed by atoms with E-state index in [2.05, 4.69) is 4.74 Å². The van der Waals surface area contributed by atoms with Crippen molar-refractivity contribution in [2.24, 2.45) is 0 Å². The molecule has 0 aromatic heterocycles. The van der Waals surface area contributed by atoms with E-state index in [4.69, 9.17) is 10.4 Å². The third-order valence-electron chi connectivity index (χ3n) is 0.571. The van der Waals surface area contributed by atoms with Crippen molar-refractivity contribution >= 4 is 5.97 Å². The lowest BCUT2D eigenvalue weighted by Crippen LogP contribution is -1.95. The molecule has 4 heteroatoms. The van der Waals surface area contributed by atoms with Crippen LogP contribution in [-0.4, -0.2) is 24.3 Å². The summed E-state index contributed by atoms with van der Waals surface area (Å²) in [7, 11) is 0. The summed E-state index contributed by atoms with van der Waals surface area (Å²) in [6.45, 7) is 3.64. The molecule has 0 bridgehead atoms. The van der Waals surface area contributed by atoms with Gasteiger partial charge in [0, 0.05) is 6.92 Å². The molecule has 64 valence electrons. The number of hydrogen-bond donors (Lipinski definition) is 1. The number of nitrogens with zero attached hydrogens (tertiary/aromatic N) is 1. The van der Waals surface area contributed by atoms with E-state index in [1.54, 1.807) is 13.0 Å². The highest BCUT2D eigenvalue weighted by atomic mass is 16.5. The van der Waals surface area contributed by atoms with Crippen LogP contribution in [0, 0.1) is 11.3 Å². The lowest BCUT2D eigenvalue weighted by atomic mass is 10.5. The van der Waals surface area contributed by atoms with Gasteiger partial charge in [0.2, 0.25) is 0 Å². The van der Waals surface area contributed by atoms with Crippen LogP contribution in [0.5, 0.6) is 0 Å². The molecule has 0 heterocycles. The number of nitriles is 1. The van der Waals surface area contributed by atoms with Crippen LogP contribution in [0.4, 0.5) is 0 Å². The maximum atomic E-state index is 9.82. The highest BCUT2D eigenvalue weighted by Crippen LogP contribution is 1.69. The first-order chi connectivity index (χ1) is 5.18. The third kappa shape index (κ3) is 27.8. The molecule has 0 aliphatic heterocycles. The zero-order valence-corrected chi connectivity index (χ0v) is 6.83. The van der Waals surface area contributed by atoms with Crippen LogP contribution in [0.15, 0.2) is 0 Å². The zero-order valence-electron chi connectivity index (χ0n) is 6.83. The number of carbonyl (C=O) groups is 1. The van der Waals surface area contributed by atoms with Gasteiger partial charge in [-0.15, -0.1) is 0 Å². The van der Waals surface area contributed by atoms with E-state index in [0.717, 1.165) is 0 Å². The van der Waals surface area contributed by atoms with Crippen LogP contribution in [0.2, 0.25) is 0 Å². The van der Waals surface area contributed by atoms with Crippen LogP contribution in [0.1, 0.15) is 20.3 Å². The molecule has 0 aromatic rings. The monoisotopic (exact) mass is 159 g/mol. The van der Waals surface area contributed by atoms with Crippen molar-refractivity contribution in [3.63, 3.8) is 0 Å². The second-order valence-electron chi connectivity index (χ2n) is 1.56. The molecule has 0 unspecified atom stereocenters. The molecule has 4 nitrogen and oxygen atoms in total. The Morgan fingerprint density at radius 3 is 2.27 bits per heavy atom. The first-order valence-corrected chi connectivity index (χ1v) is 3.30. The minimum Gasteiger partial charge on any atom is -0.466 e. The average molecular weight is 159 g/mol. The average Bonchev–Trinajstić information content (AvgIpc) is 1.90. The molecule has 0 fully saturated rings. The molecule has 0 saturated carbocycles. The van der Waals surface area contributed by atoms with Gasteiger partial charge < -0.3 is 9.84 Å². The van der Waals surface area contributed by atoms with Gasteiger partial charge in [0.1, 0.15) is 0 Å². The lowest BCUT2D eigenvalue weighted by Gasteiger charge is -1.89. The van der Waals surface area contributed by atoms with Crippen LogP contribution >= 0.6 is 0 Å². The van der Waals surface area contributed by atoms with Gasteiger partial charge in [-0.3, -0.25) is 4.79 Å². The molecule has 0 aliphatic rings. The summed E-state index contributed by atoms with van der Waals surface area (Å²) in [5.74, 6) is -0.211. The summed E-state index contributed by atoms with van der Waals surface area (Å²) < 4.78 is 4.40. The fourth-order valence-corrected chi connectivity index (χ4v) is 0.253. The zero-order chi connectivity index (χ0) is 9.11. The summed E-state index contributed by atoms with van der Waals surface area (Å²) >= 11 is 0. The highest BCUT2D eigenvalue weighted by Gasteiger charge is 1.81. The van der Waals surface area contributed by atoms with Gasteiger partial charge in [-0.05, 0) is 6.92 Å². The van der Waals surface area contributed by atoms with Gasteiger partial charge in [-0.25, -0.2) is 0 Å². The Kier molecular flexibility index (Phi) is 13.4. The van der Waals surface area contributed by atoms with Gasteiger partial charge in [0.05, 0.1) is 25.7 Å². The molecule has 11 heavy (non-hydrogen) atoms. The van der Waals surface area contributed by atoms with Gasteiger partial charge in [0.25, 0.3) is 0 Å². The molecule has 0 atom stereocenters. The Morgan fingerprint density at radius 1 is 1.73 bits per heavy atom. The Morgan fingerprint density at radius 2 is 2.27 bits per heavy atom. The van der Waals surface area contributed by atoms with Crippen LogP contribution in [0.3, 0.4) is 0 Å². The lowest BCUT2D eigenvalue weighted by molar-refractivity contribution is -0.140. The number of aliphatic hydroxyl groups is 1. The minimum absolute atomic E-state index is 0.0174. The SMILES string of the molecule is CCOC(C)=O.N#CCCO. The number of ether oxygens (including phenoxy) is 1. The molecule has 0 spiro atoms. The summed E-state index contributed by atoms with van der Waals surface area (Å²) in [5.41, 5.74) is 0. The highest BCUT2D eigenvalue weighted by molar-refractivity contribution is 5.65. The van der Waals surface area contributed by atoms with Crippen LogP contribution in [0.25, 0.3) is 0 Å². The van der Waals surface area contributed by atoms with Gasteiger partial charge >= 0.3 is 5.97 Å². The third-order valence-corrected chi connectivity index (χ3v) is 0.571. The van der Waals surface area contributed by atoms with E-state index in [9.17, 15) is 4.79 Å². The maximum absolute atomic E-state index is 9.82. The topological polar surface area (TPSA) is 70.3 Å². The molecule has 0 amide bonds. The van der Waals surface area contributed by atoms with E-state index in [1.165, 1.54) is 6.92 Å². The van der Waals surface area contributed by atoms with Crippen molar-refractivity contribution in [2.75, 3.05) is 13.2 Å². The second kappa shape index (κ2) is 11.7. The van der Waals surface area contributed by atoms with Gasteiger partial charge in [-0.2, -0.15) is 5.26 Å². The van der Waals surface area contributed by atoms with E-state index in [0.29, 0.717) is 6.61 Å². The van der Waals surface area contributed by atoms with Crippen molar-refractivity contribution in [1.29, 1.82) is 5.26 Å². The fraction of sp³-hybridized carbons (Fsp3) is 0.714. The molecule has 0 saturated heterocycles. The van der Waals surface area contributed by atoms with Gasteiger partial charge in [0.15, 0.2) is 0 Å². The Hall–Kier alpha value is -1.08. The second-order valence-corrected chi connectivity index (χ2v) is 1.56. The number of carbonyl (C=O) groups excluding carboxylic acids is 1. The normalized spacial score (nSPS) is 7.09. The molecule has 0 aliphatic carbocycles. The first kappa shape index (κ1) is 12.6. The fourth-order valence-electron chi connectivity index (χ4n) is 0.253. The van der Waals surface area contributed by atoms with Crippen molar-refractivity contribution in [1.82, 2.24) is 0 Å². The summed E-state index contributed by atoms with van der Waals surface area (Å²) in [4.78, 5) is 9.82. The number of aliphatic hydroxyl groups excluding tert-OH is 1. The van der Waals surface area contributed by atoms with E-state index in [-0.39, 0.29) is 19.0 Å². The van der Waals surface area contributed by atoms with Crippen molar-refractivity contribution < 1.29 is 14.6 Å². The van der Waals surface area contributed by atoms with Crippen LogP contribution < -0.4 is 0 Å². The quantitative estimate of drug-likeness (QED) is 0.594. The number of hydrogen-bond acceptors (Lipinski definition) is 4. The van der Waals surface area contributed by atoms with E-state index in [1.807, 2.05) is 0 Å². The predicted octanol–water partition coefficient (Wildman–Crippen LogP) is 0.462. The van der Waals surface area contributed by atoms with E-state index < -0.39 is 0 Å². The summed E-state index contributed by atoms with van der Waals surface area (Å²) in [6.07, 6.45) is 0.250. The summed E-state index contributed by atoms with van der Waals surface area (Å²) in [6, 6.07) is 1.77. The molecule has 0 radical (unpaired) electrons. The molecule has 0 rings (SSSR count). The summed E-state index contributed by atoms with van der Waals surface area (Å²) in [5, 5.41) is 15.5. The van der Waals surface area contributed by atoms with Gasteiger partial charge in [-0.1, -0.05) is 0 Å². The first-order valence-electron chi connectivity index (χ1n) is 3.30. The maximum Gasteiger partial charge on any atom is 0.302 e. The van der Waals surface area contributed by atoms with Crippen molar-refractivity contribution in [3.05, 3.63) is 0 Å². The van der Waals surface area contributed by atoms with E-state index >= 15 is 0 Å². The standard InChI is InChI=1S/C4H8O2.C3H5NO/c1-3-6-4(2)5;4-2-1-3-5/h3H2,1-2H3;5H,1,3H2. The smallest absolute Gasteiger partial charge is 0.302 e. The Balaban J connectivity index is 0. The number of rotatable bonds is 2. The molecular formula is C7H13NO3. The molecule has 0 aromatic carbocycles. The number of esters is 1. The Labute approximate surface area is 66.4 Å². The molecular weight excluding hydrogens is 146 g/mol. The molecule has 1 N–H and O–H groups in total. The van der Waals surface area contributed by atoms with Crippen molar-refractivity contribution in [2.45, 2.75) is 20.3 Å². The predicted molar refractivity (Wildman–Crippen MR) is 39.6 cm³/mol. The van der Waals surface area contributed by atoms with Crippen LogP contribution in [-0.2, 0) is 9.53 Å². The minimum atomic E-state index is -0.211. The Bertz CT molecular complexity index is 128. The van der Waals surface area contributed by atoms with Crippen molar-refractivity contribution in [3.8, 4) is 6.07 Å². The largest absolute Gasteiger partial charge is 0.466 e.